The van der Waals surface area contributed by atoms with Gasteiger partial charge in [0.05, 0.1) is 11.2 Å². The van der Waals surface area contributed by atoms with Crippen LogP contribution < -0.4 is 0 Å². The number of carbonyl (C=O) groups is 1. The number of aromatic nitrogens is 1. The highest BCUT2D eigenvalue weighted by Gasteiger charge is 2.26. The SMILES string of the molecule is C=C/C=C(\C=C/C)C(=O)N1CCC[C@@H](c2cscn2)C1.CC.CC.CC. The summed E-state index contributed by atoms with van der Waals surface area (Å²) < 4.78 is 0. The zero-order valence-electron chi connectivity index (χ0n) is 17.8. The first-order valence-electron chi connectivity index (χ1n) is 9.89. The molecule has 1 aromatic rings. The summed E-state index contributed by atoms with van der Waals surface area (Å²) in [5.41, 5.74) is 3.67. The zero-order chi connectivity index (χ0) is 20.4. The highest BCUT2D eigenvalue weighted by Crippen LogP contribution is 2.27. The fraction of sp³-hybridized carbons (Fsp3) is 0.545. The average Bonchev–Trinajstić information content (AvgIpc) is 3.27. The molecule has 148 valence electrons. The minimum atomic E-state index is 0.0860. The van der Waals surface area contributed by atoms with Crippen molar-refractivity contribution >= 4 is 17.2 Å². The summed E-state index contributed by atoms with van der Waals surface area (Å²) in [4.78, 5) is 18.9. The molecule has 2 heterocycles. The Hall–Kier alpha value is -1.68. The van der Waals surface area contributed by atoms with E-state index in [9.17, 15) is 4.79 Å². The van der Waals surface area contributed by atoms with Gasteiger partial charge in [-0.05, 0) is 19.8 Å². The lowest BCUT2D eigenvalue weighted by Crippen LogP contribution is -2.39. The van der Waals surface area contributed by atoms with Gasteiger partial charge < -0.3 is 4.90 Å². The van der Waals surface area contributed by atoms with Crippen molar-refractivity contribution in [2.45, 2.75) is 67.2 Å². The van der Waals surface area contributed by atoms with Gasteiger partial charge in [0.1, 0.15) is 0 Å². The molecule has 0 unspecified atom stereocenters. The Morgan fingerprint density at radius 3 is 2.42 bits per heavy atom. The number of nitrogens with zero attached hydrogens (tertiary/aromatic N) is 2. The lowest BCUT2D eigenvalue weighted by molar-refractivity contribution is -0.128. The van der Waals surface area contributed by atoms with Crippen LogP contribution in [0.4, 0.5) is 0 Å². The fourth-order valence-electron chi connectivity index (χ4n) is 2.51. The number of thiazole rings is 1. The number of piperidine rings is 1. The van der Waals surface area contributed by atoms with Gasteiger partial charge in [0.2, 0.25) is 0 Å². The number of carbonyl (C=O) groups excluding carboxylic acids is 1. The van der Waals surface area contributed by atoms with Crippen molar-refractivity contribution in [3.8, 4) is 0 Å². The lowest BCUT2D eigenvalue weighted by Gasteiger charge is -2.32. The van der Waals surface area contributed by atoms with Gasteiger partial charge in [-0.25, -0.2) is 4.98 Å². The maximum Gasteiger partial charge on any atom is 0.253 e. The van der Waals surface area contributed by atoms with Crippen molar-refractivity contribution in [3.05, 3.63) is 53.0 Å². The van der Waals surface area contributed by atoms with Crippen LogP contribution in [0.1, 0.15) is 72.9 Å². The van der Waals surface area contributed by atoms with Gasteiger partial charge in [-0.2, -0.15) is 0 Å². The van der Waals surface area contributed by atoms with Crippen LogP contribution >= 0.6 is 11.3 Å². The first-order chi connectivity index (χ1) is 12.8. The van der Waals surface area contributed by atoms with Crippen LogP contribution in [-0.4, -0.2) is 28.9 Å². The molecule has 26 heavy (non-hydrogen) atoms. The number of hydrogen-bond donors (Lipinski definition) is 0. The van der Waals surface area contributed by atoms with E-state index in [1.165, 1.54) is 0 Å². The van der Waals surface area contributed by atoms with Crippen molar-refractivity contribution in [2.24, 2.45) is 0 Å². The Balaban J connectivity index is 0. The molecule has 2 rings (SSSR count). The molecule has 0 bridgehead atoms. The second kappa shape index (κ2) is 18.1. The third-order valence-corrected chi connectivity index (χ3v) is 4.07. The van der Waals surface area contributed by atoms with Crippen molar-refractivity contribution in [1.29, 1.82) is 0 Å². The molecule has 0 N–H and O–H groups in total. The summed E-state index contributed by atoms with van der Waals surface area (Å²) in [5.74, 6) is 0.456. The summed E-state index contributed by atoms with van der Waals surface area (Å²) in [5, 5.41) is 2.09. The van der Waals surface area contributed by atoms with E-state index in [-0.39, 0.29) is 5.91 Å². The first-order valence-corrected chi connectivity index (χ1v) is 10.8. The Morgan fingerprint density at radius 1 is 1.27 bits per heavy atom. The average molecular weight is 379 g/mol. The maximum atomic E-state index is 12.5. The van der Waals surface area contributed by atoms with Gasteiger partial charge in [0.25, 0.3) is 5.91 Å². The number of likely N-dealkylation sites (tertiary alicyclic amines) is 1. The molecule has 1 amide bonds. The minimum Gasteiger partial charge on any atom is -0.338 e. The third-order valence-electron chi connectivity index (χ3n) is 3.47. The molecule has 0 radical (unpaired) electrons. The fourth-order valence-corrected chi connectivity index (χ4v) is 3.15. The number of hydrogen-bond acceptors (Lipinski definition) is 3. The van der Waals surface area contributed by atoms with Crippen LogP contribution in [-0.2, 0) is 4.79 Å². The first kappa shape index (κ1) is 26.5. The van der Waals surface area contributed by atoms with E-state index in [1.807, 2.05) is 71.0 Å². The Labute approximate surface area is 165 Å². The zero-order valence-corrected chi connectivity index (χ0v) is 18.6. The summed E-state index contributed by atoms with van der Waals surface area (Å²) in [7, 11) is 0. The van der Waals surface area contributed by atoms with Crippen LogP contribution in [0.3, 0.4) is 0 Å². The molecule has 1 aliphatic rings. The van der Waals surface area contributed by atoms with E-state index in [4.69, 9.17) is 0 Å². The molecule has 1 aromatic heterocycles. The van der Waals surface area contributed by atoms with Crippen LogP contribution in [0.2, 0.25) is 0 Å². The predicted molar refractivity (Wildman–Crippen MR) is 118 cm³/mol. The Morgan fingerprint density at radius 2 is 1.92 bits per heavy atom. The van der Waals surface area contributed by atoms with Gasteiger partial charge in [0, 0.05) is 30.0 Å². The molecule has 0 saturated carbocycles. The lowest BCUT2D eigenvalue weighted by atomic mass is 9.95. The van der Waals surface area contributed by atoms with Crippen molar-refractivity contribution in [3.63, 3.8) is 0 Å². The van der Waals surface area contributed by atoms with Crippen LogP contribution in [0.5, 0.6) is 0 Å². The van der Waals surface area contributed by atoms with E-state index < -0.39 is 0 Å². The highest BCUT2D eigenvalue weighted by atomic mass is 32.1. The molecule has 0 aromatic carbocycles. The quantitative estimate of drug-likeness (QED) is 0.436. The van der Waals surface area contributed by atoms with E-state index >= 15 is 0 Å². The van der Waals surface area contributed by atoms with E-state index in [2.05, 4.69) is 16.9 Å². The third kappa shape index (κ3) is 9.14. The van der Waals surface area contributed by atoms with E-state index in [0.717, 1.165) is 31.6 Å². The monoisotopic (exact) mass is 378 g/mol. The summed E-state index contributed by atoms with van der Waals surface area (Å²) in [6.45, 7) is 19.2. The number of rotatable bonds is 4. The van der Waals surface area contributed by atoms with Gasteiger partial charge in [0.15, 0.2) is 0 Å². The van der Waals surface area contributed by atoms with Gasteiger partial charge in [-0.1, -0.05) is 72.4 Å². The molecule has 3 nitrogen and oxygen atoms in total. The summed E-state index contributed by atoms with van der Waals surface area (Å²) >= 11 is 1.62. The Bertz CT molecular complexity index is 518. The topological polar surface area (TPSA) is 33.2 Å². The van der Waals surface area contributed by atoms with Crippen LogP contribution in [0, 0.1) is 0 Å². The Kier molecular flexibility index (Phi) is 18.5. The minimum absolute atomic E-state index is 0.0860. The van der Waals surface area contributed by atoms with Crippen molar-refractivity contribution in [1.82, 2.24) is 9.88 Å². The molecule has 1 saturated heterocycles. The standard InChI is InChI=1S/C16H20N2OS.3C2H6/c1-3-6-13(7-4-2)16(19)18-9-5-8-14(10-18)15-11-20-12-17-15;3*1-2/h3-4,6-7,11-12,14H,1,5,8-10H2,2H3;3*1-2H3/b7-4-,13-6+;;;/t14-;;;/m1.../s1. The summed E-state index contributed by atoms with van der Waals surface area (Å²) in [6, 6.07) is 0. The largest absolute Gasteiger partial charge is 0.338 e. The molecule has 1 aliphatic heterocycles. The van der Waals surface area contributed by atoms with Crippen LogP contribution in [0.25, 0.3) is 0 Å². The van der Waals surface area contributed by atoms with Gasteiger partial charge >= 0.3 is 0 Å². The van der Waals surface area contributed by atoms with Gasteiger partial charge in [-0.3, -0.25) is 4.79 Å². The van der Waals surface area contributed by atoms with Crippen LogP contribution in [0.15, 0.2) is 47.3 Å². The molecular formula is C22H38N2OS. The normalized spacial score (nSPS) is 16.3. The summed E-state index contributed by atoms with van der Waals surface area (Å²) in [6.07, 6.45) is 9.30. The van der Waals surface area contributed by atoms with Gasteiger partial charge in [-0.15, -0.1) is 11.3 Å². The molecule has 4 heteroatoms. The molecule has 0 aliphatic carbocycles. The molecule has 0 spiro atoms. The molecular weight excluding hydrogens is 340 g/mol. The number of allylic oxidation sites excluding steroid dienone is 3. The second-order valence-corrected chi connectivity index (χ2v) is 5.58. The number of amides is 1. The predicted octanol–water partition coefficient (Wildman–Crippen LogP) is 6.62. The molecule has 1 atom stereocenters. The maximum absolute atomic E-state index is 12.5. The smallest absolute Gasteiger partial charge is 0.253 e. The molecule has 1 fully saturated rings. The second-order valence-electron chi connectivity index (χ2n) is 4.86. The van der Waals surface area contributed by atoms with Crippen molar-refractivity contribution in [2.75, 3.05) is 13.1 Å². The van der Waals surface area contributed by atoms with E-state index in [0.29, 0.717) is 11.5 Å². The highest BCUT2D eigenvalue weighted by molar-refractivity contribution is 7.07. The van der Waals surface area contributed by atoms with Crippen molar-refractivity contribution < 1.29 is 4.79 Å². The van der Waals surface area contributed by atoms with E-state index in [1.54, 1.807) is 23.5 Å².